The van der Waals surface area contributed by atoms with Crippen LogP contribution in [0, 0.1) is 0 Å². The Kier molecular flexibility index (Phi) is 10.6. The van der Waals surface area contributed by atoms with Crippen LogP contribution < -0.4 is 10.6 Å². The van der Waals surface area contributed by atoms with Crippen LogP contribution in [0.3, 0.4) is 0 Å². The summed E-state index contributed by atoms with van der Waals surface area (Å²) in [5.41, 5.74) is 2.58. The van der Waals surface area contributed by atoms with E-state index in [1.54, 1.807) is 0 Å². The fraction of sp³-hybridized carbons (Fsp3) is 0.611. The summed E-state index contributed by atoms with van der Waals surface area (Å²) in [5.74, 6) is 2.14. The lowest BCUT2D eigenvalue weighted by atomic mass is 10.1. The van der Waals surface area contributed by atoms with Crippen molar-refractivity contribution in [1.29, 1.82) is 0 Å². The van der Waals surface area contributed by atoms with Gasteiger partial charge in [0.15, 0.2) is 5.96 Å². The fourth-order valence-electron chi connectivity index (χ4n) is 2.21. The Morgan fingerprint density at radius 1 is 1.09 bits per heavy atom. The van der Waals surface area contributed by atoms with E-state index in [2.05, 4.69) is 72.1 Å². The molecular formula is C18H32N4S. The maximum atomic E-state index is 4.67. The van der Waals surface area contributed by atoms with Crippen LogP contribution in [0.4, 0.5) is 0 Å². The van der Waals surface area contributed by atoms with Crippen molar-refractivity contribution in [3.63, 3.8) is 0 Å². The largest absolute Gasteiger partial charge is 0.357 e. The number of guanidine groups is 1. The van der Waals surface area contributed by atoms with Gasteiger partial charge in [0.1, 0.15) is 0 Å². The Morgan fingerprint density at radius 3 is 2.39 bits per heavy atom. The molecule has 0 heterocycles. The highest BCUT2D eigenvalue weighted by molar-refractivity contribution is 7.98. The first kappa shape index (κ1) is 19.8. The van der Waals surface area contributed by atoms with E-state index in [9.17, 15) is 0 Å². The second kappa shape index (κ2) is 12.3. The van der Waals surface area contributed by atoms with Gasteiger partial charge in [-0.1, -0.05) is 24.3 Å². The van der Waals surface area contributed by atoms with Crippen molar-refractivity contribution in [3.8, 4) is 0 Å². The number of nitrogens with zero attached hydrogens (tertiary/aromatic N) is 2. The first-order chi connectivity index (χ1) is 11.2. The summed E-state index contributed by atoms with van der Waals surface area (Å²) in [5, 5.41) is 6.72. The molecule has 1 aromatic carbocycles. The Balaban J connectivity index is 2.45. The number of unbranched alkanes of at least 4 members (excludes halogenated alkanes) is 1. The molecule has 0 saturated heterocycles. The molecule has 0 saturated carbocycles. The standard InChI is InChI=1S/C18H32N4S/c1-5-19-18(20-12-6-7-13-23-4)21-14-16-8-10-17(11-9-16)15-22(2)3/h8-11H,5-7,12-15H2,1-4H3,(H2,19,20,21). The Bertz CT molecular complexity index is 443. The number of nitrogens with one attached hydrogen (secondary N) is 2. The van der Waals surface area contributed by atoms with Crippen molar-refractivity contribution in [2.75, 3.05) is 39.2 Å². The molecule has 0 spiro atoms. The van der Waals surface area contributed by atoms with Gasteiger partial charge in [-0.15, -0.1) is 0 Å². The van der Waals surface area contributed by atoms with Crippen LogP contribution in [-0.2, 0) is 13.1 Å². The van der Waals surface area contributed by atoms with Gasteiger partial charge in [-0.05, 0) is 57.0 Å². The summed E-state index contributed by atoms with van der Waals surface area (Å²) in [6.45, 7) is 5.65. The lowest BCUT2D eigenvalue weighted by Gasteiger charge is -2.12. The van der Waals surface area contributed by atoms with Gasteiger partial charge in [0, 0.05) is 19.6 Å². The Morgan fingerprint density at radius 2 is 1.78 bits per heavy atom. The third-order valence-electron chi connectivity index (χ3n) is 3.35. The zero-order valence-corrected chi connectivity index (χ0v) is 15.9. The topological polar surface area (TPSA) is 39.7 Å². The van der Waals surface area contributed by atoms with E-state index in [1.165, 1.54) is 29.7 Å². The average molecular weight is 337 g/mol. The van der Waals surface area contributed by atoms with Crippen LogP contribution >= 0.6 is 11.8 Å². The molecule has 0 unspecified atom stereocenters. The second-order valence-corrected chi connectivity index (χ2v) is 6.86. The molecule has 0 bridgehead atoms. The molecule has 1 aromatic rings. The van der Waals surface area contributed by atoms with Crippen molar-refractivity contribution in [2.45, 2.75) is 32.9 Å². The summed E-state index contributed by atoms with van der Waals surface area (Å²) in [6, 6.07) is 8.72. The van der Waals surface area contributed by atoms with Crippen molar-refractivity contribution in [2.24, 2.45) is 4.99 Å². The Hall–Kier alpha value is -1.20. The summed E-state index contributed by atoms with van der Waals surface area (Å²) in [4.78, 5) is 6.85. The van der Waals surface area contributed by atoms with Crippen LogP contribution in [0.2, 0.25) is 0 Å². The summed E-state index contributed by atoms with van der Waals surface area (Å²) in [7, 11) is 4.18. The monoisotopic (exact) mass is 336 g/mol. The SMILES string of the molecule is CCNC(=NCc1ccc(CN(C)C)cc1)NCCCCSC. The van der Waals surface area contributed by atoms with Crippen molar-refractivity contribution in [1.82, 2.24) is 15.5 Å². The first-order valence-electron chi connectivity index (χ1n) is 8.39. The smallest absolute Gasteiger partial charge is 0.191 e. The molecule has 0 aliphatic rings. The van der Waals surface area contributed by atoms with E-state index < -0.39 is 0 Å². The molecule has 0 amide bonds. The molecule has 23 heavy (non-hydrogen) atoms. The predicted molar refractivity (Wildman–Crippen MR) is 104 cm³/mol. The molecule has 0 fully saturated rings. The normalized spacial score (nSPS) is 11.8. The predicted octanol–water partition coefficient (Wildman–Crippen LogP) is 2.95. The van der Waals surface area contributed by atoms with Crippen molar-refractivity contribution < 1.29 is 0 Å². The molecule has 2 N–H and O–H groups in total. The van der Waals surface area contributed by atoms with E-state index in [0.29, 0.717) is 6.54 Å². The molecule has 0 atom stereocenters. The number of aliphatic imine (C=N–C) groups is 1. The van der Waals surface area contributed by atoms with Gasteiger partial charge in [0.25, 0.3) is 0 Å². The number of thioether (sulfide) groups is 1. The Labute approximate surface area is 146 Å². The third kappa shape index (κ3) is 9.51. The highest BCUT2D eigenvalue weighted by atomic mass is 32.2. The highest BCUT2D eigenvalue weighted by Crippen LogP contribution is 2.07. The van der Waals surface area contributed by atoms with E-state index in [-0.39, 0.29) is 0 Å². The number of hydrogen-bond donors (Lipinski definition) is 2. The third-order valence-corrected chi connectivity index (χ3v) is 4.05. The molecule has 130 valence electrons. The van der Waals surface area contributed by atoms with E-state index in [4.69, 9.17) is 0 Å². The van der Waals surface area contributed by atoms with E-state index >= 15 is 0 Å². The van der Waals surface area contributed by atoms with Gasteiger partial charge in [-0.3, -0.25) is 0 Å². The van der Waals surface area contributed by atoms with Crippen molar-refractivity contribution >= 4 is 17.7 Å². The van der Waals surface area contributed by atoms with Crippen LogP contribution in [0.1, 0.15) is 30.9 Å². The quantitative estimate of drug-likeness (QED) is 0.391. The molecule has 5 heteroatoms. The summed E-state index contributed by atoms with van der Waals surface area (Å²) in [6.07, 6.45) is 4.59. The molecular weight excluding hydrogens is 304 g/mol. The minimum absolute atomic E-state index is 0.711. The van der Waals surface area contributed by atoms with Gasteiger partial charge in [0.2, 0.25) is 0 Å². The van der Waals surface area contributed by atoms with Crippen LogP contribution in [0.25, 0.3) is 0 Å². The lowest BCUT2D eigenvalue weighted by molar-refractivity contribution is 0.402. The zero-order chi connectivity index (χ0) is 16.9. The number of rotatable bonds is 10. The van der Waals surface area contributed by atoms with Gasteiger partial charge >= 0.3 is 0 Å². The second-order valence-electron chi connectivity index (χ2n) is 5.88. The molecule has 1 rings (SSSR count). The maximum Gasteiger partial charge on any atom is 0.191 e. The number of hydrogen-bond acceptors (Lipinski definition) is 3. The molecule has 0 aromatic heterocycles. The van der Waals surface area contributed by atoms with Gasteiger partial charge in [-0.25, -0.2) is 4.99 Å². The van der Waals surface area contributed by atoms with Crippen LogP contribution in [-0.4, -0.2) is 50.1 Å². The lowest BCUT2D eigenvalue weighted by Crippen LogP contribution is -2.37. The van der Waals surface area contributed by atoms with Crippen molar-refractivity contribution in [3.05, 3.63) is 35.4 Å². The minimum atomic E-state index is 0.711. The molecule has 4 nitrogen and oxygen atoms in total. The highest BCUT2D eigenvalue weighted by Gasteiger charge is 1.99. The maximum absolute atomic E-state index is 4.67. The van der Waals surface area contributed by atoms with E-state index in [1.807, 2.05) is 11.8 Å². The fourth-order valence-corrected chi connectivity index (χ4v) is 2.70. The van der Waals surface area contributed by atoms with Gasteiger partial charge < -0.3 is 15.5 Å². The van der Waals surface area contributed by atoms with E-state index in [0.717, 1.165) is 25.6 Å². The molecule has 0 radical (unpaired) electrons. The number of benzene rings is 1. The molecule has 0 aliphatic carbocycles. The minimum Gasteiger partial charge on any atom is -0.357 e. The summed E-state index contributed by atoms with van der Waals surface area (Å²) < 4.78 is 0. The van der Waals surface area contributed by atoms with Crippen LogP contribution in [0.5, 0.6) is 0 Å². The summed E-state index contributed by atoms with van der Waals surface area (Å²) >= 11 is 1.91. The first-order valence-corrected chi connectivity index (χ1v) is 9.78. The molecule has 0 aliphatic heterocycles. The van der Waals surface area contributed by atoms with Gasteiger partial charge in [-0.2, -0.15) is 11.8 Å². The van der Waals surface area contributed by atoms with Crippen LogP contribution in [0.15, 0.2) is 29.3 Å². The van der Waals surface area contributed by atoms with Gasteiger partial charge in [0.05, 0.1) is 6.54 Å². The average Bonchev–Trinajstić information content (AvgIpc) is 2.53. The zero-order valence-electron chi connectivity index (χ0n) is 15.1.